The summed E-state index contributed by atoms with van der Waals surface area (Å²) in [5.74, 6) is -0.409. The molecular weight excluding hydrogens is 440 g/mol. The number of fused-ring (bicyclic) bond motifs is 5. The Balaban J connectivity index is 1.56. The zero-order valence-electron chi connectivity index (χ0n) is 13.7. The molecule has 2 bridgehead atoms. The first-order valence-electron chi connectivity index (χ1n) is 8.87. The van der Waals surface area contributed by atoms with E-state index in [2.05, 4.69) is 31.9 Å². The number of carbonyl (C=O) groups is 3. The smallest absolute Gasteiger partial charge is 0.245 e. The monoisotopic (exact) mass is 460 g/mol. The molecule has 4 aliphatic rings. The molecule has 2 aliphatic carbocycles. The molecule has 5 nitrogen and oxygen atoms in total. The van der Waals surface area contributed by atoms with E-state index in [9.17, 15) is 14.4 Å². The highest BCUT2D eigenvalue weighted by Gasteiger charge is 2.67. The molecule has 2 aliphatic heterocycles. The van der Waals surface area contributed by atoms with Gasteiger partial charge < -0.3 is 4.90 Å². The molecule has 0 aromatic rings. The number of rotatable bonds is 2. The Morgan fingerprint density at radius 1 is 1.00 bits per heavy atom. The van der Waals surface area contributed by atoms with Crippen molar-refractivity contribution in [2.24, 2.45) is 23.7 Å². The van der Waals surface area contributed by atoms with E-state index in [1.54, 1.807) is 6.92 Å². The predicted octanol–water partition coefficient (Wildman–Crippen LogP) is 2.17. The minimum atomic E-state index is -0.671. The van der Waals surface area contributed by atoms with Gasteiger partial charge in [0, 0.05) is 22.7 Å². The number of halogens is 2. The number of amides is 3. The number of hydrogen-bond acceptors (Lipinski definition) is 3. The Morgan fingerprint density at radius 2 is 1.50 bits per heavy atom. The van der Waals surface area contributed by atoms with E-state index >= 15 is 0 Å². The highest BCUT2D eigenvalue weighted by Crippen LogP contribution is 2.60. The van der Waals surface area contributed by atoms with Crippen LogP contribution >= 0.6 is 31.9 Å². The third kappa shape index (κ3) is 2.26. The van der Waals surface area contributed by atoms with Crippen molar-refractivity contribution in [3.8, 4) is 0 Å². The summed E-state index contributed by atoms with van der Waals surface area (Å²) in [6.07, 6.45) is 4.08. The van der Waals surface area contributed by atoms with E-state index in [1.807, 2.05) is 4.90 Å². The van der Waals surface area contributed by atoms with E-state index in [0.717, 1.165) is 38.8 Å². The molecule has 132 valence electrons. The first-order chi connectivity index (χ1) is 11.4. The summed E-state index contributed by atoms with van der Waals surface area (Å²) in [6.45, 7) is 3.20. The highest BCUT2D eigenvalue weighted by atomic mass is 79.9. The zero-order chi connectivity index (χ0) is 17.2. The fourth-order valence-electron chi connectivity index (χ4n) is 5.24. The van der Waals surface area contributed by atoms with Gasteiger partial charge in [0.05, 0.1) is 11.8 Å². The predicted molar refractivity (Wildman–Crippen MR) is 95.8 cm³/mol. The van der Waals surface area contributed by atoms with Crippen LogP contribution in [0.3, 0.4) is 0 Å². The number of hydrogen-bond donors (Lipinski definition) is 0. The summed E-state index contributed by atoms with van der Waals surface area (Å²) in [5.41, 5.74) is 0. The number of piperidine rings is 1. The Morgan fingerprint density at radius 3 is 2.00 bits per heavy atom. The lowest BCUT2D eigenvalue weighted by Crippen LogP contribution is -2.51. The number of alkyl halides is 2. The summed E-state index contributed by atoms with van der Waals surface area (Å²) in [4.78, 5) is 42.3. The molecule has 7 heteroatoms. The van der Waals surface area contributed by atoms with Gasteiger partial charge in [-0.2, -0.15) is 0 Å². The Kier molecular flexibility index (Phi) is 4.31. The minimum Gasteiger partial charge on any atom is -0.341 e. The molecule has 0 N–H and O–H groups in total. The van der Waals surface area contributed by atoms with Gasteiger partial charge in [-0.3, -0.25) is 19.3 Å². The van der Waals surface area contributed by atoms with E-state index in [0.29, 0.717) is 0 Å². The van der Waals surface area contributed by atoms with E-state index in [-0.39, 0.29) is 51.0 Å². The van der Waals surface area contributed by atoms with Gasteiger partial charge in [-0.1, -0.05) is 31.9 Å². The summed E-state index contributed by atoms with van der Waals surface area (Å²) < 4.78 is 0. The maximum absolute atomic E-state index is 13.0. The lowest BCUT2D eigenvalue weighted by Gasteiger charge is -2.32. The summed E-state index contributed by atoms with van der Waals surface area (Å²) in [6, 6.07) is -0.671. The van der Waals surface area contributed by atoms with Crippen LogP contribution in [0.5, 0.6) is 0 Å². The molecule has 3 amide bonds. The second kappa shape index (κ2) is 6.08. The Bertz CT molecular complexity index is 560. The Labute approximate surface area is 158 Å². The molecule has 0 aromatic carbocycles. The van der Waals surface area contributed by atoms with Crippen molar-refractivity contribution in [1.29, 1.82) is 0 Å². The van der Waals surface area contributed by atoms with E-state index < -0.39 is 6.04 Å². The number of carbonyl (C=O) groups excluding carboxylic acids is 3. The fourth-order valence-corrected chi connectivity index (χ4v) is 7.12. The first kappa shape index (κ1) is 17.0. The van der Waals surface area contributed by atoms with Crippen LogP contribution in [0.15, 0.2) is 0 Å². The van der Waals surface area contributed by atoms with Crippen molar-refractivity contribution in [2.45, 2.75) is 48.3 Å². The van der Waals surface area contributed by atoms with Crippen molar-refractivity contribution in [3.05, 3.63) is 0 Å². The van der Waals surface area contributed by atoms with Crippen LogP contribution in [-0.2, 0) is 14.4 Å². The van der Waals surface area contributed by atoms with Gasteiger partial charge in [0.15, 0.2) is 0 Å². The third-order valence-electron chi connectivity index (χ3n) is 6.43. The Hall–Kier alpha value is -0.430. The number of imide groups is 1. The average molecular weight is 462 g/mol. The molecule has 0 aromatic heterocycles. The van der Waals surface area contributed by atoms with Crippen molar-refractivity contribution in [3.63, 3.8) is 0 Å². The van der Waals surface area contributed by atoms with Crippen LogP contribution in [-0.4, -0.2) is 56.3 Å². The molecular formula is C17H22Br2N2O3. The molecule has 24 heavy (non-hydrogen) atoms. The van der Waals surface area contributed by atoms with Crippen molar-refractivity contribution >= 4 is 49.6 Å². The molecule has 2 saturated heterocycles. The minimum absolute atomic E-state index is 0.0745. The van der Waals surface area contributed by atoms with E-state index in [4.69, 9.17) is 0 Å². The average Bonchev–Trinajstić information content (AvgIpc) is 3.19. The second-order valence-corrected chi connectivity index (χ2v) is 9.73. The topological polar surface area (TPSA) is 57.7 Å². The van der Waals surface area contributed by atoms with Gasteiger partial charge >= 0.3 is 0 Å². The lowest BCUT2D eigenvalue weighted by atomic mass is 9.81. The number of nitrogens with zero attached hydrogens (tertiary/aromatic N) is 2. The van der Waals surface area contributed by atoms with Crippen molar-refractivity contribution < 1.29 is 14.4 Å². The molecule has 0 unspecified atom stereocenters. The summed E-state index contributed by atoms with van der Waals surface area (Å²) in [5, 5.41) is 0. The summed E-state index contributed by atoms with van der Waals surface area (Å²) in [7, 11) is 0. The standard InChI is InChI=1S/C17H22Br2N2O3/c1-8(15(22)20-5-3-2-4-6-20)21-16(23)11-9-7-10(12(11)17(21)24)14(19)13(9)18/h8-14H,2-7H2,1H3/t8-,9-,10-,11-,12+,13-,14+/m0/s1. The summed E-state index contributed by atoms with van der Waals surface area (Å²) >= 11 is 7.38. The zero-order valence-corrected chi connectivity index (χ0v) is 16.8. The molecule has 0 spiro atoms. The third-order valence-corrected chi connectivity index (χ3v) is 9.64. The maximum Gasteiger partial charge on any atom is 0.245 e. The molecule has 7 atom stereocenters. The largest absolute Gasteiger partial charge is 0.341 e. The quantitative estimate of drug-likeness (QED) is 0.467. The lowest BCUT2D eigenvalue weighted by molar-refractivity contribution is -0.152. The van der Waals surface area contributed by atoms with Crippen LogP contribution in [0.4, 0.5) is 0 Å². The molecule has 2 heterocycles. The van der Waals surface area contributed by atoms with Crippen LogP contribution in [0.25, 0.3) is 0 Å². The normalized spacial score (nSPS) is 42.6. The molecule has 0 radical (unpaired) electrons. The first-order valence-corrected chi connectivity index (χ1v) is 10.7. The molecule has 4 fully saturated rings. The van der Waals surface area contributed by atoms with Crippen molar-refractivity contribution in [2.75, 3.05) is 13.1 Å². The molecule has 2 saturated carbocycles. The molecule has 4 rings (SSSR count). The van der Waals surface area contributed by atoms with Gasteiger partial charge in [0.1, 0.15) is 6.04 Å². The fraction of sp³-hybridized carbons (Fsp3) is 0.824. The maximum atomic E-state index is 13.0. The van der Waals surface area contributed by atoms with Crippen molar-refractivity contribution in [1.82, 2.24) is 9.80 Å². The highest BCUT2D eigenvalue weighted by molar-refractivity contribution is 9.12. The van der Waals surface area contributed by atoms with Gasteiger partial charge in [0.2, 0.25) is 17.7 Å². The van der Waals surface area contributed by atoms with Gasteiger partial charge in [-0.15, -0.1) is 0 Å². The van der Waals surface area contributed by atoms with Crippen LogP contribution in [0.2, 0.25) is 0 Å². The van der Waals surface area contributed by atoms with Gasteiger partial charge in [-0.05, 0) is 44.4 Å². The van der Waals surface area contributed by atoms with Gasteiger partial charge in [-0.25, -0.2) is 0 Å². The van der Waals surface area contributed by atoms with Crippen LogP contribution in [0.1, 0.15) is 32.6 Å². The van der Waals surface area contributed by atoms with E-state index in [1.165, 1.54) is 4.90 Å². The number of likely N-dealkylation sites (tertiary alicyclic amines) is 2. The van der Waals surface area contributed by atoms with Gasteiger partial charge in [0.25, 0.3) is 0 Å². The second-order valence-electron chi connectivity index (χ2n) is 7.61. The SMILES string of the molecule is C[C@@H](C(=O)N1CCCCC1)N1C(=O)[C@@H]2[C@@H]3C[C@H]([C@H](Br)[C@@H]3Br)[C@@H]2C1=O. The van der Waals surface area contributed by atoms with Crippen LogP contribution in [0, 0.1) is 23.7 Å². The van der Waals surface area contributed by atoms with Crippen LogP contribution < -0.4 is 0 Å².